The molecule has 1 amide bonds. The number of para-hydroxylation sites is 1. The van der Waals surface area contributed by atoms with Crippen LogP contribution in [0, 0.1) is 13.8 Å². The summed E-state index contributed by atoms with van der Waals surface area (Å²) in [5, 5.41) is 4.29. The second-order valence-electron chi connectivity index (χ2n) is 5.11. The number of rotatable bonds is 6. The average molecular weight is 299 g/mol. The molecule has 0 fully saturated rings. The molecule has 5 nitrogen and oxygen atoms in total. The van der Waals surface area contributed by atoms with E-state index in [0.29, 0.717) is 13.3 Å². The number of anilines is 1. The van der Waals surface area contributed by atoms with Gasteiger partial charge in [0.05, 0.1) is 18.4 Å². The maximum absolute atomic E-state index is 12.3. The number of methoxy groups -OCH3 is 1. The number of amides is 1. The Labute approximate surface area is 130 Å². The molecule has 0 spiro atoms. The van der Waals surface area contributed by atoms with Gasteiger partial charge in [0, 0.05) is 12.8 Å². The van der Waals surface area contributed by atoms with Crippen LogP contribution in [0.25, 0.3) is 0 Å². The van der Waals surface area contributed by atoms with Gasteiger partial charge in [0.25, 0.3) is 5.91 Å². The fraction of sp³-hybridized carbons (Fsp3) is 0.294. The molecule has 0 saturated heterocycles. The average Bonchev–Trinajstić information content (AvgIpc) is 2.86. The van der Waals surface area contributed by atoms with Crippen LogP contribution >= 0.6 is 0 Å². The molecule has 0 aliphatic carbocycles. The summed E-state index contributed by atoms with van der Waals surface area (Å²) >= 11 is 0. The lowest BCUT2D eigenvalue weighted by Crippen LogP contribution is -2.30. The lowest BCUT2D eigenvalue weighted by Gasteiger charge is -2.24. The second kappa shape index (κ2) is 7.04. The van der Waals surface area contributed by atoms with Gasteiger partial charge in [-0.25, -0.2) is 4.68 Å². The zero-order valence-electron chi connectivity index (χ0n) is 13.2. The highest BCUT2D eigenvalue weighted by molar-refractivity contribution is 6.01. The van der Waals surface area contributed by atoms with Gasteiger partial charge >= 0.3 is 0 Å². The summed E-state index contributed by atoms with van der Waals surface area (Å²) in [4.78, 5) is 14.0. The number of ether oxygens (including phenoxy) is 1. The van der Waals surface area contributed by atoms with Crippen molar-refractivity contribution in [3.63, 3.8) is 0 Å². The Bertz CT molecular complexity index is 676. The third kappa shape index (κ3) is 3.26. The maximum atomic E-state index is 12.3. The van der Waals surface area contributed by atoms with Crippen molar-refractivity contribution >= 4 is 11.6 Å². The van der Waals surface area contributed by atoms with Crippen molar-refractivity contribution in [1.82, 2.24) is 9.78 Å². The zero-order valence-corrected chi connectivity index (χ0v) is 13.2. The topological polar surface area (TPSA) is 47.4 Å². The molecular weight excluding hydrogens is 278 g/mol. The van der Waals surface area contributed by atoms with Crippen LogP contribution in [0.2, 0.25) is 0 Å². The van der Waals surface area contributed by atoms with Gasteiger partial charge in [-0.05, 0) is 37.1 Å². The zero-order chi connectivity index (χ0) is 16.1. The molecule has 0 atom stereocenters. The van der Waals surface area contributed by atoms with Crippen LogP contribution in [-0.2, 0) is 22.8 Å². The Morgan fingerprint density at radius 2 is 2.09 bits per heavy atom. The molecule has 0 bridgehead atoms. The largest absolute Gasteiger partial charge is 0.362 e. The van der Waals surface area contributed by atoms with E-state index in [4.69, 9.17) is 4.74 Å². The minimum atomic E-state index is -0.140. The number of hydrogen-bond acceptors (Lipinski definition) is 3. The van der Waals surface area contributed by atoms with Crippen LogP contribution in [0.3, 0.4) is 0 Å². The number of aromatic nitrogens is 2. The molecular formula is C17H21N3O2. The van der Waals surface area contributed by atoms with Gasteiger partial charge in [0.1, 0.15) is 6.73 Å². The van der Waals surface area contributed by atoms with Crippen molar-refractivity contribution in [2.75, 3.05) is 12.0 Å². The molecule has 0 N–H and O–H groups in total. The number of nitrogens with zero attached hydrogens (tertiary/aromatic N) is 3. The number of benzene rings is 1. The van der Waals surface area contributed by atoms with E-state index < -0.39 is 0 Å². The quantitative estimate of drug-likeness (QED) is 0.771. The highest BCUT2D eigenvalue weighted by Gasteiger charge is 2.19. The molecule has 0 saturated carbocycles. The Balaban J connectivity index is 2.40. The molecule has 116 valence electrons. The Kier molecular flexibility index (Phi) is 5.12. The molecule has 2 aromatic rings. The molecule has 0 unspecified atom stereocenters. The van der Waals surface area contributed by atoms with Gasteiger partial charge in [-0.15, -0.1) is 0 Å². The Morgan fingerprint density at radius 3 is 2.73 bits per heavy atom. The molecule has 22 heavy (non-hydrogen) atoms. The molecule has 1 aromatic carbocycles. The van der Waals surface area contributed by atoms with Crippen LogP contribution in [0.15, 0.2) is 43.1 Å². The first kappa shape index (κ1) is 16.0. The van der Waals surface area contributed by atoms with E-state index in [1.54, 1.807) is 22.9 Å². The molecule has 2 rings (SSSR count). The van der Waals surface area contributed by atoms with Crippen molar-refractivity contribution in [2.45, 2.75) is 27.1 Å². The van der Waals surface area contributed by atoms with Crippen LogP contribution in [0.1, 0.15) is 16.8 Å². The molecule has 0 aliphatic heterocycles. The van der Waals surface area contributed by atoms with Crippen molar-refractivity contribution in [3.05, 3.63) is 59.9 Å². The predicted octanol–water partition coefficient (Wildman–Crippen LogP) is 2.82. The van der Waals surface area contributed by atoms with Crippen LogP contribution in [-0.4, -0.2) is 22.8 Å². The van der Waals surface area contributed by atoms with Crippen LogP contribution in [0.4, 0.5) is 5.69 Å². The summed E-state index contributed by atoms with van der Waals surface area (Å²) in [5.41, 5.74) is 3.87. The summed E-state index contributed by atoms with van der Waals surface area (Å²) in [6, 6.07) is 7.79. The SMILES string of the molecule is C=CC(=O)N(Cc1c(C)cnn1COC)c1ccccc1C. The maximum Gasteiger partial charge on any atom is 0.250 e. The predicted molar refractivity (Wildman–Crippen MR) is 86.5 cm³/mol. The third-order valence-electron chi connectivity index (χ3n) is 3.56. The minimum Gasteiger partial charge on any atom is -0.362 e. The van der Waals surface area contributed by atoms with E-state index >= 15 is 0 Å². The normalized spacial score (nSPS) is 10.5. The van der Waals surface area contributed by atoms with Crippen molar-refractivity contribution < 1.29 is 9.53 Å². The van der Waals surface area contributed by atoms with E-state index in [0.717, 1.165) is 22.5 Å². The first-order valence-corrected chi connectivity index (χ1v) is 7.08. The van der Waals surface area contributed by atoms with Gasteiger partial charge in [-0.2, -0.15) is 5.10 Å². The molecule has 1 heterocycles. The summed E-state index contributed by atoms with van der Waals surface area (Å²) in [7, 11) is 1.62. The second-order valence-corrected chi connectivity index (χ2v) is 5.11. The van der Waals surface area contributed by atoms with E-state index in [1.807, 2.05) is 38.1 Å². The lowest BCUT2D eigenvalue weighted by molar-refractivity contribution is -0.114. The highest BCUT2D eigenvalue weighted by atomic mass is 16.5. The summed E-state index contributed by atoms with van der Waals surface area (Å²) in [5.74, 6) is -0.140. The standard InChI is InChI=1S/C17H21N3O2/c1-5-17(21)19(15-9-7-6-8-13(15)2)11-16-14(3)10-18-20(16)12-22-4/h5-10H,1,11-12H2,2-4H3. The van der Waals surface area contributed by atoms with Gasteiger partial charge in [-0.1, -0.05) is 24.8 Å². The number of aryl methyl sites for hydroxylation is 2. The van der Waals surface area contributed by atoms with E-state index in [2.05, 4.69) is 11.7 Å². The fourth-order valence-electron chi connectivity index (χ4n) is 2.35. The van der Waals surface area contributed by atoms with E-state index in [1.165, 1.54) is 6.08 Å². The van der Waals surface area contributed by atoms with Gasteiger partial charge in [-0.3, -0.25) is 4.79 Å². The molecule has 1 aromatic heterocycles. The van der Waals surface area contributed by atoms with Gasteiger partial charge in [0.2, 0.25) is 0 Å². The van der Waals surface area contributed by atoms with E-state index in [-0.39, 0.29) is 5.91 Å². The first-order valence-electron chi connectivity index (χ1n) is 7.08. The Morgan fingerprint density at radius 1 is 1.36 bits per heavy atom. The summed E-state index contributed by atoms with van der Waals surface area (Å²) < 4.78 is 6.92. The monoisotopic (exact) mass is 299 g/mol. The van der Waals surface area contributed by atoms with Gasteiger partial charge < -0.3 is 9.64 Å². The Hall–Kier alpha value is -2.40. The smallest absolute Gasteiger partial charge is 0.250 e. The van der Waals surface area contributed by atoms with Crippen LogP contribution < -0.4 is 4.90 Å². The first-order chi connectivity index (χ1) is 10.6. The number of hydrogen-bond donors (Lipinski definition) is 0. The van der Waals surface area contributed by atoms with E-state index in [9.17, 15) is 4.79 Å². The van der Waals surface area contributed by atoms with Crippen LogP contribution in [0.5, 0.6) is 0 Å². The molecule has 5 heteroatoms. The third-order valence-corrected chi connectivity index (χ3v) is 3.56. The highest BCUT2D eigenvalue weighted by Crippen LogP contribution is 2.23. The lowest BCUT2D eigenvalue weighted by atomic mass is 10.1. The van der Waals surface area contributed by atoms with Crippen molar-refractivity contribution in [2.24, 2.45) is 0 Å². The summed E-state index contributed by atoms with van der Waals surface area (Å²) in [6.45, 7) is 8.34. The number of carbonyl (C=O) groups is 1. The fourth-order valence-corrected chi connectivity index (χ4v) is 2.35. The summed E-state index contributed by atoms with van der Waals surface area (Å²) in [6.07, 6.45) is 3.11. The molecule has 0 aliphatic rings. The number of carbonyl (C=O) groups excluding carboxylic acids is 1. The van der Waals surface area contributed by atoms with Gasteiger partial charge in [0.15, 0.2) is 0 Å². The van der Waals surface area contributed by atoms with Crippen molar-refractivity contribution in [1.29, 1.82) is 0 Å². The molecule has 0 radical (unpaired) electrons. The minimum absolute atomic E-state index is 0.140. The van der Waals surface area contributed by atoms with Crippen molar-refractivity contribution in [3.8, 4) is 0 Å².